The second-order valence-corrected chi connectivity index (χ2v) is 3.50. The van der Waals surface area contributed by atoms with E-state index < -0.39 is 0 Å². The minimum Gasteiger partial charge on any atom is -0.384 e. The molecule has 16 heavy (non-hydrogen) atoms. The molecule has 0 unspecified atom stereocenters. The predicted molar refractivity (Wildman–Crippen MR) is 64.2 cm³/mol. The summed E-state index contributed by atoms with van der Waals surface area (Å²) in [5.74, 6) is 5.42. The normalized spacial score (nSPS) is 9.94. The molecule has 0 fully saturated rings. The van der Waals surface area contributed by atoms with Crippen LogP contribution in [0.2, 0.25) is 0 Å². The highest BCUT2D eigenvalue weighted by atomic mass is 16.2. The lowest BCUT2D eigenvalue weighted by Gasteiger charge is -2.18. The number of carbonyl (C=O) groups is 1. The van der Waals surface area contributed by atoms with Crippen molar-refractivity contribution in [3.8, 4) is 0 Å². The molecule has 0 aliphatic rings. The smallest absolute Gasteiger partial charge is 0.238 e. The summed E-state index contributed by atoms with van der Waals surface area (Å²) >= 11 is 0. The van der Waals surface area contributed by atoms with E-state index in [9.17, 15) is 4.79 Å². The maximum atomic E-state index is 11.2. The van der Waals surface area contributed by atoms with Crippen molar-refractivity contribution < 1.29 is 4.79 Å². The van der Waals surface area contributed by atoms with E-state index in [2.05, 4.69) is 0 Å². The molecular weight excluding hydrogens is 204 g/mol. The van der Waals surface area contributed by atoms with E-state index in [0.29, 0.717) is 11.3 Å². The number of nitrogens with two attached hydrogens (primary N) is 2. The fourth-order valence-corrected chi connectivity index (χ4v) is 1.44. The van der Waals surface area contributed by atoms with Crippen LogP contribution in [0.15, 0.2) is 18.2 Å². The lowest BCUT2D eigenvalue weighted by molar-refractivity contribution is -0.116. The molecule has 86 valence electrons. The van der Waals surface area contributed by atoms with Gasteiger partial charge in [0.15, 0.2) is 0 Å². The van der Waals surface area contributed by atoms with Crippen molar-refractivity contribution in [2.75, 3.05) is 5.01 Å². The van der Waals surface area contributed by atoms with Gasteiger partial charge in [-0.05, 0) is 30.2 Å². The molecule has 0 aliphatic carbocycles. The Morgan fingerprint density at radius 2 is 2.12 bits per heavy atom. The van der Waals surface area contributed by atoms with Gasteiger partial charge in [-0.2, -0.15) is 0 Å². The molecule has 0 atom stereocenters. The molecule has 5 N–H and O–H groups in total. The standard InChI is InChI=1S/C11H16N4O/c1-3-8-6-9(11(12)13)4-5-10(8)15(14)7(2)16/h4-6H,3,14H2,1-2H3,(H3,12,13). The van der Waals surface area contributed by atoms with E-state index in [4.69, 9.17) is 17.0 Å². The van der Waals surface area contributed by atoms with Crippen molar-refractivity contribution in [1.29, 1.82) is 5.41 Å². The van der Waals surface area contributed by atoms with Crippen molar-refractivity contribution in [2.24, 2.45) is 11.6 Å². The molecule has 5 nitrogen and oxygen atoms in total. The first-order valence-corrected chi connectivity index (χ1v) is 5.00. The number of amides is 1. The summed E-state index contributed by atoms with van der Waals surface area (Å²) in [5, 5.41) is 8.44. The average molecular weight is 220 g/mol. The molecule has 0 heterocycles. The van der Waals surface area contributed by atoms with Gasteiger partial charge < -0.3 is 5.73 Å². The number of hydrogen-bond donors (Lipinski definition) is 3. The van der Waals surface area contributed by atoms with E-state index in [1.807, 2.05) is 6.92 Å². The van der Waals surface area contributed by atoms with Crippen LogP contribution in [-0.2, 0) is 11.2 Å². The van der Waals surface area contributed by atoms with Gasteiger partial charge in [0, 0.05) is 12.5 Å². The summed E-state index contributed by atoms with van der Waals surface area (Å²) in [7, 11) is 0. The Bertz CT molecular complexity index is 428. The highest BCUT2D eigenvalue weighted by Crippen LogP contribution is 2.20. The van der Waals surface area contributed by atoms with Crippen molar-refractivity contribution >= 4 is 17.4 Å². The van der Waals surface area contributed by atoms with Gasteiger partial charge in [-0.25, -0.2) is 10.9 Å². The maximum absolute atomic E-state index is 11.2. The van der Waals surface area contributed by atoms with Gasteiger partial charge in [0.25, 0.3) is 0 Å². The first-order chi connectivity index (χ1) is 7.47. The number of anilines is 1. The number of carbonyl (C=O) groups excluding carboxylic acids is 1. The quantitative estimate of drug-likeness (QED) is 0.231. The lowest BCUT2D eigenvalue weighted by atomic mass is 10.1. The maximum Gasteiger partial charge on any atom is 0.238 e. The van der Waals surface area contributed by atoms with Crippen LogP contribution >= 0.6 is 0 Å². The van der Waals surface area contributed by atoms with Gasteiger partial charge in [-0.3, -0.25) is 10.2 Å². The van der Waals surface area contributed by atoms with Crippen LogP contribution in [0, 0.1) is 5.41 Å². The first-order valence-electron chi connectivity index (χ1n) is 5.00. The van der Waals surface area contributed by atoms with Crippen molar-refractivity contribution in [3.05, 3.63) is 29.3 Å². The monoisotopic (exact) mass is 220 g/mol. The number of hydrogen-bond acceptors (Lipinski definition) is 3. The topological polar surface area (TPSA) is 96.2 Å². The molecule has 1 amide bonds. The number of benzene rings is 1. The third-order valence-electron chi connectivity index (χ3n) is 2.37. The van der Waals surface area contributed by atoms with Crippen LogP contribution in [0.1, 0.15) is 25.0 Å². The van der Waals surface area contributed by atoms with Gasteiger partial charge in [0.1, 0.15) is 5.84 Å². The average Bonchev–Trinajstić information content (AvgIpc) is 2.26. The van der Waals surface area contributed by atoms with E-state index >= 15 is 0 Å². The molecule has 5 heteroatoms. The van der Waals surface area contributed by atoms with Crippen LogP contribution < -0.4 is 16.6 Å². The Hall–Kier alpha value is -1.88. The van der Waals surface area contributed by atoms with E-state index in [1.54, 1.807) is 18.2 Å². The van der Waals surface area contributed by atoms with E-state index in [0.717, 1.165) is 17.0 Å². The fourth-order valence-electron chi connectivity index (χ4n) is 1.44. The number of nitrogen functional groups attached to an aromatic ring is 1. The minimum atomic E-state index is -0.231. The summed E-state index contributed by atoms with van der Waals surface area (Å²) in [6.07, 6.45) is 0.720. The summed E-state index contributed by atoms with van der Waals surface area (Å²) in [6.45, 7) is 3.36. The molecule has 0 spiro atoms. The third kappa shape index (κ3) is 2.38. The third-order valence-corrected chi connectivity index (χ3v) is 2.37. The van der Waals surface area contributed by atoms with Gasteiger partial charge in [0.05, 0.1) is 5.69 Å². The number of hydrazine groups is 1. The van der Waals surface area contributed by atoms with Gasteiger partial charge in [-0.15, -0.1) is 0 Å². The molecule has 0 saturated carbocycles. The highest BCUT2D eigenvalue weighted by molar-refractivity contribution is 5.97. The van der Waals surface area contributed by atoms with Gasteiger partial charge >= 0.3 is 0 Å². The molecular formula is C11H16N4O. The Labute approximate surface area is 94.5 Å². The molecule has 0 aromatic heterocycles. The summed E-state index contributed by atoms with van der Waals surface area (Å²) in [5.41, 5.74) is 7.58. The second-order valence-electron chi connectivity index (χ2n) is 3.50. The van der Waals surface area contributed by atoms with Gasteiger partial charge in [0.2, 0.25) is 5.91 Å². The van der Waals surface area contributed by atoms with E-state index in [-0.39, 0.29) is 11.7 Å². The van der Waals surface area contributed by atoms with Crippen LogP contribution in [0.25, 0.3) is 0 Å². The van der Waals surface area contributed by atoms with Crippen LogP contribution in [-0.4, -0.2) is 11.7 Å². The number of nitrogens with one attached hydrogen (secondary N) is 1. The largest absolute Gasteiger partial charge is 0.384 e. The number of amidine groups is 1. The van der Waals surface area contributed by atoms with Crippen molar-refractivity contribution in [2.45, 2.75) is 20.3 Å². The van der Waals surface area contributed by atoms with Crippen LogP contribution in [0.4, 0.5) is 5.69 Å². The summed E-state index contributed by atoms with van der Waals surface area (Å²) in [4.78, 5) is 11.2. The Morgan fingerprint density at radius 3 is 2.56 bits per heavy atom. The molecule has 0 aliphatic heterocycles. The summed E-state index contributed by atoms with van der Waals surface area (Å²) in [6, 6.07) is 5.16. The highest BCUT2D eigenvalue weighted by Gasteiger charge is 2.11. The SMILES string of the molecule is CCc1cc(C(=N)N)ccc1N(N)C(C)=O. The van der Waals surface area contributed by atoms with Crippen LogP contribution in [0.5, 0.6) is 0 Å². The molecule has 1 aromatic carbocycles. The fraction of sp³-hybridized carbons (Fsp3) is 0.273. The molecule has 0 radical (unpaired) electrons. The minimum absolute atomic E-state index is 0.00708. The predicted octanol–water partition coefficient (Wildman–Crippen LogP) is 0.760. The Morgan fingerprint density at radius 1 is 1.50 bits per heavy atom. The molecule has 1 aromatic rings. The number of rotatable bonds is 3. The lowest BCUT2D eigenvalue weighted by Crippen LogP contribution is -2.36. The van der Waals surface area contributed by atoms with Crippen LogP contribution in [0.3, 0.4) is 0 Å². The molecule has 0 bridgehead atoms. The Balaban J connectivity index is 3.21. The molecule has 0 saturated heterocycles. The Kier molecular flexibility index (Phi) is 3.63. The summed E-state index contributed by atoms with van der Waals surface area (Å²) < 4.78 is 0. The molecule has 1 rings (SSSR count). The second kappa shape index (κ2) is 4.76. The van der Waals surface area contributed by atoms with E-state index in [1.165, 1.54) is 6.92 Å². The van der Waals surface area contributed by atoms with Crippen molar-refractivity contribution in [1.82, 2.24) is 0 Å². The number of nitrogens with zero attached hydrogens (tertiary/aromatic N) is 1. The zero-order chi connectivity index (χ0) is 12.3. The zero-order valence-electron chi connectivity index (χ0n) is 9.45. The zero-order valence-corrected chi connectivity index (χ0v) is 9.45. The first kappa shape index (κ1) is 12.2. The van der Waals surface area contributed by atoms with Gasteiger partial charge in [-0.1, -0.05) is 6.92 Å². The number of aryl methyl sites for hydroxylation is 1. The van der Waals surface area contributed by atoms with Crippen molar-refractivity contribution in [3.63, 3.8) is 0 Å².